The molecule has 0 radical (unpaired) electrons. The number of carboxylic acid groups (broad SMARTS) is 1. The Morgan fingerprint density at radius 2 is 2.18 bits per heavy atom. The summed E-state index contributed by atoms with van der Waals surface area (Å²) in [5.74, 6) is -1.17. The number of carbonyl (C=O) groups is 1. The van der Waals surface area contributed by atoms with E-state index in [-0.39, 0.29) is 11.9 Å². The first-order chi connectivity index (χ1) is 7.97. The summed E-state index contributed by atoms with van der Waals surface area (Å²) in [6, 6.07) is 5.63. The molecule has 1 aromatic carbocycles. The molecule has 0 aliphatic rings. The third kappa shape index (κ3) is 3.27. The van der Waals surface area contributed by atoms with Crippen molar-refractivity contribution < 1.29 is 14.3 Å². The number of benzene rings is 1. The lowest BCUT2D eigenvalue weighted by atomic mass is 10.0. The normalized spacial score (nSPS) is 14.6. The van der Waals surface area contributed by atoms with Crippen LogP contribution in [0.3, 0.4) is 0 Å². The molecule has 1 aromatic rings. The van der Waals surface area contributed by atoms with Crippen LogP contribution >= 0.6 is 0 Å². The van der Waals surface area contributed by atoms with Crippen LogP contribution in [0.25, 0.3) is 0 Å². The van der Waals surface area contributed by atoms with Crippen molar-refractivity contribution in [3.05, 3.63) is 35.6 Å². The monoisotopic (exact) mass is 239 g/mol. The molecule has 3 nitrogen and oxygen atoms in total. The molecule has 1 N–H and O–H groups in total. The summed E-state index contributed by atoms with van der Waals surface area (Å²) in [6.07, 6.45) is 0.734. The van der Waals surface area contributed by atoms with E-state index in [1.54, 1.807) is 24.9 Å². The smallest absolute Gasteiger partial charge is 0.320 e. The van der Waals surface area contributed by atoms with Crippen LogP contribution < -0.4 is 0 Å². The zero-order chi connectivity index (χ0) is 13.0. The van der Waals surface area contributed by atoms with Crippen LogP contribution in [0, 0.1) is 5.82 Å². The number of nitrogens with zero attached hydrogens (tertiary/aromatic N) is 1. The Labute approximate surface area is 101 Å². The highest BCUT2D eigenvalue weighted by Crippen LogP contribution is 2.25. The second kappa shape index (κ2) is 5.77. The zero-order valence-electron chi connectivity index (χ0n) is 10.4. The molecule has 17 heavy (non-hydrogen) atoms. The molecule has 4 heteroatoms. The Balaban J connectivity index is 2.95. The van der Waals surface area contributed by atoms with Crippen LogP contribution in [0.1, 0.15) is 31.9 Å². The minimum absolute atomic E-state index is 0.0863. The van der Waals surface area contributed by atoms with E-state index in [9.17, 15) is 9.18 Å². The standard InChI is InChI=1S/C13H18FNO2/c1-4-12(15(3)9(2)13(16)17)10-6-5-7-11(14)8-10/h5-9,12H,4H2,1-3H3,(H,16,17). The highest BCUT2D eigenvalue weighted by atomic mass is 19.1. The van der Waals surface area contributed by atoms with E-state index >= 15 is 0 Å². The summed E-state index contributed by atoms with van der Waals surface area (Å²) in [5.41, 5.74) is 0.808. The van der Waals surface area contributed by atoms with Crippen LogP contribution in [-0.2, 0) is 4.79 Å². The van der Waals surface area contributed by atoms with Gasteiger partial charge in [0.15, 0.2) is 0 Å². The molecule has 0 aliphatic heterocycles. The van der Waals surface area contributed by atoms with Crippen LogP contribution in [-0.4, -0.2) is 29.1 Å². The van der Waals surface area contributed by atoms with Crippen molar-refractivity contribution >= 4 is 5.97 Å². The van der Waals surface area contributed by atoms with E-state index in [0.29, 0.717) is 0 Å². The molecule has 0 heterocycles. The molecule has 2 atom stereocenters. The number of aliphatic carboxylic acids is 1. The molecular weight excluding hydrogens is 221 g/mol. The van der Waals surface area contributed by atoms with E-state index < -0.39 is 12.0 Å². The van der Waals surface area contributed by atoms with Crippen molar-refractivity contribution in [2.75, 3.05) is 7.05 Å². The minimum Gasteiger partial charge on any atom is -0.480 e. The topological polar surface area (TPSA) is 40.5 Å². The van der Waals surface area contributed by atoms with Gasteiger partial charge in [0, 0.05) is 6.04 Å². The van der Waals surface area contributed by atoms with Gasteiger partial charge in [-0.1, -0.05) is 19.1 Å². The summed E-state index contributed by atoms with van der Waals surface area (Å²) in [5, 5.41) is 8.98. The van der Waals surface area contributed by atoms with E-state index in [1.165, 1.54) is 12.1 Å². The van der Waals surface area contributed by atoms with Gasteiger partial charge in [0.25, 0.3) is 0 Å². The second-order valence-corrected chi connectivity index (χ2v) is 4.16. The van der Waals surface area contributed by atoms with Crippen LogP contribution in [0.5, 0.6) is 0 Å². The highest BCUT2D eigenvalue weighted by Gasteiger charge is 2.24. The maximum absolute atomic E-state index is 13.2. The van der Waals surface area contributed by atoms with E-state index in [2.05, 4.69) is 0 Å². The molecule has 0 spiro atoms. The first-order valence-electron chi connectivity index (χ1n) is 5.67. The molecule has 0 aliphatic carbocycles. The van der Waals surface area contributed by atoms with Crippen molar-refractivity contribution in [3.63, 3.8) is 0 Å². The number of carboxylic acids is 1. The molecule has 94 valence electrons. The van der Waals surface area contributed by atoms with Crippen LogP contribution in [0.2, 0.25) is 0 Å². The van der Waals surface area contributed by atoms with Crippen molar-refractivity contribution in [3.8, 4) is 0 Å². The Hall–Kier alpha value is -1.42. The quantitative estimate of drug-likeness (QED) is 0.858. The summed E-state index contributed by atoms with van der Waals surface area (Å²) < 4.78 is 13.2. The van der Waals surface area contributed by atoms with Gasteiger partial charge in [-0.2, -0.15) is 0 Å². The third-order valence-electron chi connectivity index (χ3n) is 3.08. The summed E-state index contributed by atoms with van der Waals surface area (Å²) in [7, 11) is 1.75. The maximum Gasteiger partial charge on any atom is 0.320 e. The van der Waals surface area contributed by atoms with Crippen molar-refractivity contribution in [1.29, 1.82) is 0 Å². The molecule has 0 bridgehead atoms. The van der Waals surface area contributed by atoms with Crippen molar-refractivity contribution in [2.24, 2.45) is 0 Å². The summed E-state index contributed by atoms with van der Waals surface area (Å²) >= 11 is 0. The van der Waals surface area contributed by atoms with Gasteiger partial charge in [-0.25, -0.2) is 4.39 Å². The Morgan fingerprint density at radius 1 is 1.53 bits per heavy atom. The SMILES string of the molecule is CCC(c1cccc(F)c1)N(C)C(C)C(=O)O. The number of halogens is 1. The molecule has 0 saturated carbocycles. The highest BCUT2D eigenvalue weighted by molar-refractivity contribution is 5.72. The number of rotatable bonds is 5. The predicted octanol–water partition coefficient (Wildman–Crippen LogP) is 2.68. The minimum atomic E-state index is -0.873. The average molecular weight is 239 g/mol. The molecule has 2 unspecified atom stereocenters. The number of hydrogen-bond acceptors (Lipinski definition) is 2. The fraction of sp³-hybridized carbons (Fsp3) is 0.462. The lowest BCUT2D eigenvalue weighted by Gasteiger charge is -2.30. The van der Waals surface area contributed by atoms with Crippen molar-refractivity contribution in [1.82, 2.24) is 4.90 Å². The third-order valence-corrected chi connectivity index (χ3v) is 3.08. The first kappa shape index (κ1) is 13.6. The van der Waals surface area contributed by atoms with Gasteiger partial charge in [-0.15, -0.1) is 0 Å². The lowest BCUT2D eigenvalue weighted by Crippen LogP contribution is -2.38. The molecule has 0 saturated heterocycles. The number of likely N-dealkylation sites (N-methyl/N-ethyl adjacent to an activating group) is 1. The fourth-order valence-electron chi connectivity index (χ4n) is 1.92. The van der Waals surface area contributed by atoms with Gasteiger partial charge < -0.3 is 5.11 Å². The molecule has 0 amide bonds. The largest absolute Gasteiger partial charge is 0.480 e. The van der Waals surface area contributed by atoms with E-state index in [1.807, 2.05) is 13.0 Å². The van der Waals surface area contributed by atoms with E-state index in [4.69, 9.17) is 5.11 Å². The molecule has 0 aromatic heterocycles. The van der Waals surface area contributed by atoms with Gasteiger partial charge in [-0.05, 0) is 38.1 Å². The van der Waals surface area contributed by atoms with Gasteiger partial charge in [0.05, 0.1) is 0 Å². The van der Waals surface area contributed by atoms with Gasteiger partial charge in [-0.3, -0.25) is 9.69 Å². The molecular formula is C13H18FNO2. The van der Waals surface area contributed by atoms with Crippen LogP contribution in [0.15, 0.2) is 24.3 Å². The summed E-state index contributed by atoms with van der Waals surface area (Å²) in [4.78, 5) is 12.7. The van der Waals surface area contributed by atoms with Gasteiger partial charge in [0.1, 0.15) is 11.9 Å². The average Bonchev–Trinajstić information content (AvgIpc) is 2.28. The second-order valence-electron chi connectivity index (χ2n) is 4.16. The fourth-order valence-corrected chi connectivity index (χ4v) is 1.92. The van der Waals surface area contributed by atoms with Crippen molar-refractivity contribution in [2.45, 2.75) is 32.4 Å². The molecule has 1 rings (SSSR count). The molecule has 0 fully saturated rings. The van der Waals surface area contributed by atoms with Gasteiger partial charge in [0.2, 0.25) is 0 Å². The summed E-state index contributed by atoms with van der Waals surface area (Å²) in [6.45, 7) is 3.59. The van der Waals surface area contributed by atoms with Crippen LogP contribution in [0.4, 0.5) is 4.39 Å². The predicted molar refractivity (Wildman–Crippen MR) is 64.3 cm³/mol. The zero-order valence-corrected chi connectivity index (χ0v) is 10.4. The Kier molecular flexibility index (Phi) is 4.63. The Morgan fingerprint density at radius 3 is 2.65 bits per heavy atom. The van der Waals surface area contributed by atoms with Gasteiger partial charge >= 0.3 is 5.97 Å². The maximum atomic E-state index is 13.2. The van der Waals surface area contributed by atoms with E-state index in [0.717, 1.165) is 12.0 Å². The lowest BCUT2D eigenvalue weighted by molar-refractivity contribution is -0.143. The number of hydrogen-bond donors (Lipinski definition) is 1. The first-order valence-corrected chi connectivity index (χ1v) is 5.67. The Bertz CT molecular complexity index is 395.